The molecule has 0 spiro atoms. The minimum absolute atomic E-state index is 0.0735. The van der Waals surface area contributed by atoms with Crippen LogP contribution in [-0.2, 0) is 6.42 Å². The summed E-state index contributed by atoms with van der Waals surface area (Å²) in [4.78, 5) is 25.0. The maximum Gasteiger partial charge on any atom is 0.270 e. The zero-order chi connectivity index (χ0) is 13.0. The average molecular weight is 242 g/mol. The van der Waals surface area contributed by atoms with Gasteiger partial charge in [-0.05, 0) is 29.7 Å². The Morgan fingerprint density at radius 3 is 2.56 bits per heavy atom. The van der Waals surface area contributed by atoms with Crippen molar-refractivity contribution < 1.29 is 9.72 Å². The molecule has 1 aromatic carbocycles. The van der Waals surface area contributed by atoms with Gasteiger partial charge in [-0.2, -0.15) is 0 Å². The predicted molar refractivity (Wildman–Crippen MR) is 65.5 cm³/mol. The molecule has 5 nitrogen and oxygen atoms in total. The lowest BCUT2D eigenvalue weighted by molar-refractivity contribution is -0.384. The molecular formula is C13H10N2O3. The maximum atomic E-state index is 11.0. The Morgan fingerprint density at radius 1 is 1.22 bits per heavy atom. The van der Waals surface area contributed by atoms with Crippen LogP contribution in [0.4, 0.5) is 5.69 Å². The van der Waals surface area contributed by atoms with E-state index in [1.54, 1.807) is 18.5 Å². The zero-order valence-electron chi connectivity index (χ0n) is 9.45. The van der Waals surface area contributed by atoms with E-state index in [0.29, 0.717) is 18.3 Å². The lowest BCUT2D eigenvalue weighted by Gasteiger charge is -2.04. The summed E-state index contributed by atoms with van der Waals surface area (Å²) < 4.78 is 0. The Bertz CT molecular complexity index is 582. The van der Waals surface area contributed by atoms with Gasteiger partial charge >= 0.3 is 0 Å². The van der Waals surface area contributed by atoms with Gasteiger partial charge in [0, 0.05) is 30.1 Å². The SMILES string of the molecule is O=Cc1cc([N+](=O)[O-])ccc1Cc1ccncc1. The molecule has 90 valence electrons. The van der Waals surface area contributed by atoms with Crippen molar-refractivity contribution in [3.63, 3.8) is 0 Å². The first-order valence-electron chi connectivity index (χ1n) is 5.32. The van der Waals surface area contributed by atoms with E-state index in [1.807, 2.05) is 12.1 Å². The lowest BCUT2D eigenvalue weighted by atomic mass is 10.0. The molecule has 0 aliphatic heterocycles. The quantitative estimate of drug-likeness (QED) is 0.468. The van der Waals surface area contributed by atoms with Crippen LogP contribution in [0.1, 0.15) is 21.5 Å². The van der Waals surface area contributed by atoms with Crippen LogP contribution in [0.3, 0.4) is 0 Å². The highest BCUT2D eigenvalue weighted by Crippen LogP contribution is 2.19. The summed E-state index contributed by atoms with van der Waals surface area (Å²) in [6.45, 7) is 0. The largest absolute Gasteiger partial charge is 0.298 e. The van der Waals surface area contributed by atoms with Crippen molar-refractivity contribution in [3.05, 3.63) is 69.5 Å². The van der Waals surface area contributed by atoms with Gasteiger partial charge in [-0.3, -0.25) is 19.9 Å². The van der Waals surface area contributed by atoms with Crippen LogP contribution in [0.5, 0.6) is 0 Å². The summed E-state index contributed by atoms with van der Waals surface area (Å²) in [5.74, 6) is 0. The van der Waals surface area contributed by atoms with Crippen molar-refractivity contribution in [2.45, 2.75) is 6.42 Å². The number of aromatic nitrogens is 1. The van der Waals surface area contributed by atoms with Gasteiger partial charge in [0.1, 0.15) is 0 Å². The number of nitro groups is 1. The molecule has 5 heteroatoms. The van der Waals surface area contributed by atoms with Gasteiger partial charge in [0.05, 0.1) is 4.92 Å². The normalized spacial score (nSPS) is 10.0. The van der Waals surface area contributed by atoms with Gasteiger partial charge < -0.3 is 0 Å². The van der Waals surface area contributed by atoms with Crippen LogP contribution in [0.15, 0.2) is 42.7 Å². The van der Waals surface area contributed by atoms with Crippen molar-refractivity contribution in [1.82, 2.24) is 4.98 Å². The smallest absolute Gasteiger partial charge is 0.270 e. The second kappa shape index (κ2) is 5.18. The molecular weight excluding hydrogens is 232 g/mol. The topological polar surface area (TPSA) is 73.1 Å². The van der Waals surface area contributed by atoms with E-state index in [1.165, 1.54) is 12.1 Å². The summed E-state index contributed by atoms with van der Waals surface area (Å²) in [6.07, 6.45) is 4.53. The Kier molecular flexibility index (Phi) is 3.43. The molecule has 0 radical (unpaired) electrons. The molecule has 0 atom stereocenters. The molecule has 0 fully saturated rings. The van der Waals surface area contributed by atoms with E-state index in [4.69, 9.17) is 0 Å². The molecule has 0 bridgehead atoms. The number of non-ortho nitro benzene ring substituents is 1. The lowest BCUT2D eigenvalue weighted by Crippen LogP contribution is -1.97. The highest BCUT2D eigenvalue weighted by molar-refractivity contribution is 5.78. The van der Waals surface area contributed by atoms with Gasteiger partial charge in [0.2, 0.25) is 0 Å². The molecule has 0 N–H and O–H groups in total. The fourth-order valence-electron chi connectivity index (χ4n) is 1.69. The van der Waals surface area contributed by atoms with Crippen molar-refractivity contribution >= 4 is 12.0 Å². The Hall–Kier alpha value is -2.56. The third kappa shape index (κ3) is 2.57. The Balaban J connectivity index is 2.34. The number of rotatable bonds is 4. The van der Waals surface area contributed by atoms with Crippen LogP contribution in [0, 0.1) is 10.1 Å². The molecule has 0 amide bonds. The number of nitrogens with zero attached hydrogens (tertiary/aromatic N) is 2. The zero-order valence-corrected chi connectivity index (χ0v) is 9.45. The minimum atomic E-state index is -0.511. The molecule has 0 saturated carbocycles. The Morgan fingerprint density at radius 2 is 1.94 bits per heavy atom. The van der Waals surface area contributed by atoms with Gasteiger partial charge in [0.15, 0.2) is 6.29 Å². The van der Waals surface area contributed by atoms with Crippen LogP contribution < -0.4 is 0 Å². The predicted octanol–water partition coefficient (Wildman–Crippen LogP) is 2.39. The average Bonchev–Trinajstić information content (AvgIpc) is 2.40. The summed E-state index contributed by atoms with van der Waals surface area (Å²) in [7, 11) is 0. The third-order valence-electron chi connectivity index (χ3n) is 2.61. The van der Waals surface area contributed by atoms with Crippen LogP contribution in [-0.4, -0.2) is 16.2 Å². The van der Waals surface area contributed by atoms with E-state index in [9.17, 15) is 14.9 Å². The monoisotopic (exact) mass is 242 g/mol. The summed E-state index contributed by atoms with van der Waals surface area (Å²) >= 11 is 0. The standard InChI is InChI=1S/C13H10N2O3/c16-9-12-8-13(15(17)18)2-1-11(12)7-10-3-5-14-6-4-10/h1-6,8-9H,7H2. The molecule has 2 rings (SSSR count). The van der Waals surface area contributed by atoms with Crippen molar-refractivity contribution in [1.29, 1.82) is 0 Å². The number of carbonyl (C=O) groups excluding carboxylic acids is 1. The van der Waals surface area contributed by atoms with Gasteiger partial charge in [-0.25, -0.2) is 0 Å². The maximum absolute atomic E-state index is 11.0. The van der Waals surface area contributed by atoms with E-state index in [0.717, 1.165) is 11.1 Å². The number of benzene rings is 1. The molecule has 18 heavy (non-hydrogen) atoms. The minimum Gasteiger partial charge on any atom is -0.298 e. The van der Waals surface area contributed by atoms with E-state index in [2.05, 4.69) is 4.98 Å². The fourth-order valence-corrected chi connectivity index (χ4v) is 1.69. The summed E-state index contributed by atoms with van der Waals surface area (Å²) in [5.41, 5.74) is 2.04. The van der Waals surface area contributed by atoms with Gasteiger partial charge in [0.25, 0.3) is 5.69 Å². The first kappa shape index (κ1) is 11.9. The van der Waals surface area contributed by atoms with Gasteiger partial charge in [-0.1, -0.05) is 6.07 Å². The van der Waals surface area contributed by atoms with Crippen LogP contribution >= 0.6 is 0 Å². The number of carbonyl (C=O) groups is 1. The second-order valence-electron chi connectivity index (χ2n) is 3.79. The van der Waals surface area contributed by atoms with Crippen LogP contribution in [0.2, 0.25) is 0 Å². The van der Waals surface area contributed by atoms with E-state index < -0.39 is 4.92 Å². The highest BCUT2D eigenvalue weighted by atomic mass is 16.6. The molecule has 1 heterocycles. The first-order valence-corrected chi connectivity index (χ1v) is 5.32. The number of hydrogen-bond donors (Lipinski definition) is 0. The van der Waals surface area contributed by atoms with Crippen molar-refractivity contribution in [3.8, 4) is 0 Å². The molecule has 0 saturated heterocycles. The Labute approximate surface area is 103 Å². The molecule has 0 aliphatic rings. The molecule has 1 aromatic heterocycles. The molecule has 0 unspecified atom stereocenters. The molecule has 2 aromatic rings. The molecule has 0 aliphatic carbocycles. The van der Waals surface area contributed by atoms with Gasteiger partial charge in [-0.15, -0.1) is 0 Å². The first-order chi connectivity index (χ1) is 8.70. The number of nitro benzene ring substituents is 1. The van der Waals surface area contributed by atoms with Crippen molar-refractivity contribution in [2.75, 3.05) is 0 Å². The summed E-state index contributed by atoms with van der Waals surface area (Å²) in [6, 6.07) is 8.00. The van der Waals surface area contributed by atoms with Crippen LogP contribution in [0.25, 0.3) is 0 Å². The highest BCUT2D eigenvalue weighted by Gasteiger charge is 2.10. The van der Waals surface area contributed by atoms with E-state index >= 15 is 0 Å². The van der Waals surface area contributed by atoms with Crippen molar-refractivity contribution in [2.24, 2.45) is 0 Å². The number of aldehydes is 1. The number of pyridine rings is 1. The number of hydrogen-bond acceptors (Lipinski definition) is 4. The summed E-state index contributed by atoms with van der Waals surface area (Å²) in [5, 5.41) is 10.6. The fraction of sp³-hybridized carbons (Fsp3) is 0.0769. The van der Waals surface area contributed by atoms with E-state index in [-0.39, 0.29) is 5.69 Å². The second-order valence-corrected chi connectivity index (χ2v) is 3.79. The third-order valence-corrected chi connectivity index (χ3v) is 2.61.